The second-order valence-electron chi connectivity index (χ2n) is 6.91. The maximum Gasteiger partial charge on any atom is 0.271 e. The number of H-pyrrole nitrogens is 1. The first-order chi connectivity index (χ1) is 14.0. The van der Waals surface area contributed by atoms with Crippen molar-refractivity contribution in [2.75, 3.05) is 6.61 Å². The van der Waals surface area contributed by atoms with E-state index in [4.69, 9.17) is 4.74 Å². The van der Waals surface area contributed by atoms with Gasteiger partial charge in [0.1, 0.15) is 5.75 Å². The van der Waals surface area contributed by atoms with Crippen molar-refractivity contribution in [1.82, 2.24) is 15.4 Å². The number of carbonyl (C=O) groups excluding carboxylic acids is 1. The van der Waals surface area contributed by atoms with E-state index in [-0.39, 0.29) is 5.91 Å². The Balaban J connectivity index is 1.58. The predicted molar refractivity (Wildman–Crippen MR) is 119 cm³/mol. The van der Waals surface area contributed by atoms with E-state index in [1.807, 2.05) is 30.3 Å². The number of ether oxygens (including phenoxy) is 1. The van der Waals surface area contributed by atoms with Crippen LogP contribution in [0.25, 0.3) is 11.0 Å². The van der Waals surface area contributed by atoms with Crippen molar-refractivity contribution < 1.29 is 9.53 Å². The minimum atomic E-state index is -0.268. The summed E-state index contributed by atoms with van der Waals surface area (Å²) in [6, 6.07) is 13.0. The molecule has 1 amide bonds. The molecule has 7 heteroatoms. The van der Waals surface area contributed by atoms with Crippen molar-refractivity contribution in [1.29, 1.82) is 0 Å². The van der Waals surface area contributed by atoms with Crippen molar-refractivity contribution >= 4 is 34.9 Å². The Morgan fingerprint density at radius 1 is 1.28 bits per heavy atom. The molecule has 0 spiro atoms. The number of hydrazone groups is 1. The third-order valence-electron chi connectivity index (χ3n) is 4.10. The standard InChI is InChI=1S/C22H26N4O2S/c1-4-5-12-28-18-9-6-16(7-10-18)14-23-26-21(27)17-8-11-19-20(13-17)25-22(24-19)29-15(2)3/h6-11,13-15H,4-5,12H2,1-3H3,(H,24,25)(H,26,27)/b23-14-. The fourth-order valence-electron chi connectivity index (χ4n) is 2.62. The van der Waals surface area contributed by atoms with Crippen LogP contribution >= 0.6 is 11.8 Å². The van der Waals surface area contributed by atoms with Gasteiger partial charge in [0.25, 0.3) is 5.91 Å². The monoisotopic (exact) mass is 410 g/mol. The van der Waals surface area contributed by atoms with Gasteiger partial charge in [-0.2, -0.15) is 5.10 Å². The van der Waals surface area contributed by atoms with Crippen LogP contribution in [0.15, 0.2) is 52.7 Å². The van der Waals surface area contributed by atoms with E-state index >= 15 is 0 Å². The molecule has 2 N–H and O–H groups in total. The number of unbranched alkanes of at least 4 members (excludes halogenated alkanes) is 1. The molecule has 1 aromatic heterocycles. The lowest BCUT2D eigenvalue weighted by Gasteiger charge is -2.05. The number of aromatic nitrogens is 2. The summed E-state index contributed by atoms with van der Waals surface area (Å²) < 4.78 is 5.64. The number of carbonyl (C=O) groups is 1. The van der Waals surface area contributed by atoms with Gasteiger partial charge in [0.05, 0.1) is 23.9 Å². The highest BCUT2D eigenvalue weighted by molar-refractivity contribution is 7.99. The SMILES string of the molecule is CCCCOc1ccc(/C=N\NC(=O)c2ccc3nc(SC(C)C)[nH]c3c2)cc1. The van der Waals surface area contributed by atoms with Crippen LogP contribution in [0.3, 0.4) is 0 Å². The van der Waals surface area contributed by atoms with Crippen LogP contribution in [0.5, 0.6) is 5.75 Å². The van der Waals surface area contributed by atoms with Crippen LogP contribution < -0.4 is 10.2 Å². The molecule has 6 nitrogen and oxygen atoms in total. The molecule has 2 aromatic carbocycles. The largest absolute Gasteiger partial charge is 0.494 e. The fraction of sp³-hybridized carbons (Fsp3) is 0.318. The Bertz CT molecular complexity index is 980. The molecule has 0 aliphatic rings. The fourth-order valence-corrected chi connectivity index (χ4v) is 3.39. The van der Waals surface area contributed by atoms with Gasteiger partial charge in [0.2, 0.25) is 0 Å². The van der Waals surface area contributed by atoms with Crippen molar-refractivity contribution in [3.05, 3.63) is 53.6 Å². The van der Waals surface area contributed by atoms with Crippen molar-refractivity contribution in [2.24, 2.45) is 5.10 Å². The van der Waals surface area contributed by atoms with Gasteiger partial charge in [-0.3, -0.25) is 4.79 Å². The number of thioether (sulfide) groups is 1. The lowest BCUT2D eigenvalue weighted by Crippen LogP contribution is -2.17. The van der Waals surface area contributed by atoms with Gasteiger partial charge >= 0.3 is 0 Å². The van der Waals surface area contributed by atoms with Crippen LogP contribution in [0.2, 0.25) is 0 Å². The molecule has 0 unspecified atom stereocenters. The molecule has 0 atom stereocenters. The number of rotatable bonds is 9. The minimum Gasteiger partial charge on any atom is -0.494 e. The second-order valence-corrected chi connectivity index (χ2v) is 8.48. The average molecular weight is 411 g/mol. The van der Waals surface area contributed by atoms with Gasteiger partial charge in [0.15, 0.2) is 5.16 Å². The van der Waals surface area contributed by atoms with Gasteiger partial charge < -0.3 is 9.72 Å². The minimum absolute atomic E-state index is 0.268. The molecule has 0 aliphatic heterocycles. The summed E-state index contributed by atoms with van der Waals surface area (Å²) in [6.07, 6.45) is 3.76. The molecular weight excluding hydrogens is 384 g/mol. The Labute approximate surface area is 175 Å². The molecule has 3 rings (SSSR count). The summed E-state index contributed by atoms with van der Waals surface area (Å²) in [4.78, 5) is 20.2. The van der Waals surface area contributed by atoms with Gasteiger partial charge in [-0.05, 0) is 54.4 Å². The first-order valence-electron chi connectivity index (χ1n) is 9.78. The lowest BCUT2D eigenvalue weighted by atomic mass is 10.2. The molecule has 1 heterocycles. The number of imidazole rings is 1. The van der Waals surface area contributed by atoms with Crippen LogP contribution in [0, 0.1) is 0 Å². The normalized spacial score (nSPS) is 11.4. The Kier molecular flexibility index (Phi) is 7.30. The first kappa shape index (κ1) is 20.9. The highest BCUT2D eigenvalue weighted by atomic mass is 32.2. The molecule has 0 saturated carbocycles. The number of hydrogen-bond acceptors (Lipinski definition) is 5. The van der Waals surface area contributed by atoms with E-state index in [2.05, 4.69) is 41.3 Å². The van der Waals surface area contributed by atoms with Crippen molar-refractivity contribution in [3.63, 3.8) is 0 Å². The number of aromatic amines is 1. The Morgan fingerprint density at radius 2 is 2.07 bits per heavy atom. The van der Waals surface area contributed by atoms with E-state index in [1.165, 1.54) is 0 Å². The first-order valence-corrected chi connectivity index (χ1v) is 10.7. The van der Waals surface area contributed by atoms with Crippen LogP contribution in [0.1, 0.15) is 49.5 Å². The zero-order valence-electron chi connectivity index (χ0n) is 16.9. The van der Waals surface area contributed by atoms with E-state index in [9.17, 15) is 4.79 Å². The smallest absolute Gasteiger partial charge is 0.271 e. The Hall–Kier alpha value is -2.80. The van der Waals surface area contributed by atoms with Crippen LogP contribution in [-0.4, -0.2) is 33.9 Å². The summed E-state index contributed by atoms with van der Waals surface area (Å²) >= 11 is 1.66. The highest BCUT2D eigenvalue weighted by Gasteiger charge is 2.09. The lowest BCUT2D eigenvalue weighted by molar-refractivity contribution is 0.0955. The highest BCUT2D eigenvalue weighted by Crippen LogP contribution is 2.23. The predicted octanol–water partition coefficient (Wildman–Crippen LogP) is 5.01. The summed E-state index contributed by atoms with van der Waals surface area (Å²) in [5.74, 6) is 0.567. The zero-order chi connectivity index (χ0) is 20.6. The third kappa shape index (κ3) is 6.09. The number of nitrogens with zero attached hydrogens (tertiary/aromatic N) is 2. The van der Waals surface area contributed by atoms with Gasteiger partial charge in [-0.15, -0.1) is 0 Å². The maximum atomic E-state index is 12.4. The summed E-state index contributed by atoms with van der Waals surface area (Å²) in [6.45, 7) is 7.08. The van der Waals surface area contributed by atoms with E-state index in [0.717, 1.165) is 47.0 Å². The quantitative estimate of drug-likeness (QED) is 0.225. The number of hydrogen-bond donors (Lipinski definition) is 2. The molecule has 0 bridgehead atoms. The van der Waals surface area contributed by atoms with Crippen molar-refractivity contribution in [3.8, 4) is 5.75 Å². The van der Waals surface area contributed by atoms with E-state index in [1.54, 1.807) is 30.1 Å². The summed E-state index contributed by atoms with van der Waals surface area (Å²) in [5.41, 5.74) is 5.65. The maximum absolute atomic E-state index is 12.4. The summed E-state index contributed by atoms with van der Waals surface area (Å²) in [7, 11) is 0. The molecule has 0 fully saturated rings. The Morgan fingerprint density at radius 3 is 2.79 bits per heavy atom. The molecule has 0 saturated heterocycles. The van der Waals surface area contributed by atoms with Crippen LogP contribution in [0.4, 0.5) is 0 Å². The van der Waals surface area contributed by atoms with Gasteiger partial charge in [0, 0.05) is 10.8 Å². The summed E-state index contributed by atoms with van der Waals surface area (Å²) in [5, 5.41) is 5.34. The molecular formula is C22H26N4O2S. The topological polar surface area (TPSA) is 79.4 Å². The average Bonchev–Trinajstić information content (AvgIpc) is 3.10. The number of fused-ring (bicyclic) bond motifs is 1. The van der Waals surface area contributed by atoms with Crippen LogP contribution in [-0.2, 0) is 0 Å². The number of amides is 1. The van der Waals surface area contributed by atoms with Gasteiger partial charge in [-0.25, -0.2) is 10.4 Å². The van der Waals surface area contributed by atoms with E-state index < -0.39 is 0 Å². The molecule has 29 heavy (non-hydrogen) atoms. The zero-order valence-corrected chi connectivity index (χ0v) is 17.8. The van der Waals surface area contributed by atoms with Gasteiger partial charge in [-0.1, -0.05) is 39.0 Å². The third-order valence-corrected chi connectivity index (χ3v) is 4.98. The molecule has 3 aromatic rings. The second kappa shape index (κ2) is 10.1. The van der Waals surface area contributed by atoms with Crippen molar-refractivity contribution in [2.45, 2.75) is 44.0 Å². The molecule has 0 radical (unpaired) electrons. The van der Waals surface area contributed by atoms with E-state index in [0.29, 0.717) is 10.8 Å². The molecule has 0 aliphatic carbocycles. The molecule has 152 valence electrons. The number of benzene rings is 2. The number of nitrogens with one attached hydrogen (secondary N) is 2.